The van der Waals surface area contributed by atoms with Crippen LogP contribution in [0.15, 0.2) is 69.3 Å². The first kappa shape index (κ1) is 14.5. The molecule has 2 aromatic heterocycles. The summed E-state index contributed by atoms with van der Waals surface area (Å²) in [5.41, 5.74) is 13.5. The van der Waals surface area contributed by atoms with Gasteiger partial charge in [0.25, 0.3) is 0 Å². The van der Waals surface area contributed by atoms with Crippen LogP contribution in [0.25, 0.3) is 0 Å². The highest BCUT2D eigenvalue weighted by molar-refractivity contribution is 7.12. The normalized spacial score (nSPS) is 12.5. The molecule has 0 bridgehead atoms. The molecular formula is C16H14N4S2. The summed E-state index contributed by atoms with van der Waals surface area (Å²) in [4.78, 5) is 10.8. The Hall–Kier alpha value is -2.44. The minimum atomic E-state index is 0.502. The van der Waals surface area contributed by atoms with Crippen LogP contribution in [-0.2, 0) is 0 Å². The van der Waals surface area contributed by atoms with Gasteiger partial charge in [0.2, 0.25) is 0 Å². The molecule has 3 aromatic rings. The van der Waals surface area contributed by atoms with Gasteiger partial charge < -0.3 is 11.5 Å². The third-order valence-corrected chi connectivity index (χ3v) is 4.66. The molecule has 0 aliphatic carbocycles. The highest BCUT2D eigenvalue weighted by Crippen LogP contribution is 2.22. The van der Waals surface area contributed by atoms with Crippen molar-refractivity contribution in [2.24, 2.45) is 21.5 Å². The molecule has 110 valence electrons. The van der Waals surface area contributed by atoms with Gasteiger partial charge in [0.05, 0.1) is 21.1 Å². The topological polar surface area (TPSA) is 76.8 Å². The molecule has 1 aromatic carbocycles. The third-order valence-electron chi connectivity index (χ3n) is 2.88. The van der Waals surface area contributed by atoms with Crippen molar-refractivity contribution in [3.8, 4) is 0 Å². The summed E-state index contributed by atoms with van der Waals surface area (Å²) in [6.07, 6.45) is 0. The minimum absolute atomic E-state index is 0.502. The summed E-state index contributed by atoms with van der Waals surface area (Å²) >= 11 is 3.12. The zero-order valence-electron chi connectivity index (χ0n) is 11.6. The molecule has 6 heteroatoms. The Morgan fingerprint density at radius 2 is 1.23 bits per heavy atom. The van der Waals surface area contributed by atoms with Crippen molar-refractivity contribution in [2.45, 2.75) is 0 Å². The van der Waals surface area contributed by atoms with E-state index in [0.29, 0.717) is 11.7 Å². The lowest BCUT2D eigenvalue weighted by atomic mass is 10.3. The fraction of sp³-hybridized carbons (Fsp3) is 0. The van der Waals surface area contributed by atoms with E-state index in [1.54, 1.807) is 22.7 Å². The largest absolute Gasteiger partial charge is 0.383 e. The first-order valence-corrected chi connectivity index (χ1v) is 8.34. The number of nitrogens with zero attached hydrogens (tertiary/aromatic N) is 2. The molecule has 2 heterocycles. The minimum Gasteiger partial charge on any atom is -0.383 e. The summed E-state index contributed by atoms with van der Waals surface area (Å²) in [5, 5.41) is 3.94. The molecule has 0 aliphatic heterocycles. The van der Waals surface area contributed by atoms with E-state index >= 15 is 0 Å². The molecule has 0 fully saturated rings. The standard InChI is InChI=1S/C16H14N4S2/c17-15(13-6-2-8-21-13)19-11-4-1-5-12(10-11)20-16(18)14-7-3-9-22-14/h1-10H,(H2,17,19)(H2,18,20). The van der Waals surface area contributed by atoms with Crippen LogP contribution >= 0.6 is 22.7 Å². The van der Waals surface area contributed by atoms with Crippen molar-refractivity contribution in [1.29, 1.82) is 0 Å². The maximum Gasteiger partial charge on any atom is 0.141 e. The van der Waals surface area contributed by atoms with Crippen LogP contribution in [0.1, 0.15) is 9.75 Å². The van der Waals surface area contributed by atoms with Crippen molar-refractivity contribution in [2.75, 3.05) is 0 Å². The molecular weight excluding hydrogens is 312 g/mol. The molecule has 0 atom stereocenters. The number of aliphatic imine (C=N–C) groups is 2. The quantitative estimate of drug-likeness (QED) is 0.564. The van der Waals surface area contributed by atoms with Gasteiger partial charge in [0, 0.05) is 0 Å². The number of thiophene rings is 2. The van der Waals surface area contributed by atoms with Crippen molar-refractivity contribution in [3.63, 3.8) is 0 Å². The second kappa shape index (κ2) is 6.55. The van der Waals surface area contributed by atoms with Crippen LogP contribution in [0.3, 0.4) is 0 Å². The van der Waals surface area contributed by atoms with E-state index in [1.807, 2.05) is 59.3 Å². The maximum atomic E-state index is 6.00. The molecule has 0 spiro atoms. The van der Waals surface area contributed by atoms with Gasteiger partial charge in [-0.25, -0.2) is 9.98 Å². The molecule has 0 saturated carbocycles. The van der Waals surface area contributed by atoms with E-state index in [4.69, 9.17) is 11.5 Å². The molecule has 3 rings (SSSR count). The molecule has 0 radical (unpaired) electrons. The number of nitrogens with two attached hydrogens (primary N) is 2. The van der Waals surface area contributed by atoms with Crippen LogP contribution in [0.4, 0.5) is 11.4 Å². The van der Waals surface area contributed by atoms with E-state index in [1.165, 1.54) is 0 Å². The molecule has 4 N–H and O–H groups in total. The van der Waals surface area contributed by atoms with Crippen LogP contribution in [0.5, 0.6) is 0 Å². The van der Waals surface area contributed by atoms with Gasteiger partial charge in [0.1, 0.15) is 11.7 Å². The number of rotatable bonds is 4. The van der Waals surface area contributed by atoms with E-state index in [2.05, 4.69) is 9.98 Å². The van der Waals surface area contributed by atoms with Crippen LogP contribution in [-0.4, -0.2) is 11.7 Å². The summed E-state index contributed by atoms with van der Waals surface area (Å²) in [6, 6.07) is 15.3. The highest BCUT2D eigenvalue weighted by Gasteiger charge is 2.02. The fourth-order valence-corrected chi connectivity index (χ4v) is 3.12. The summed E-state index contributed by atoms with van der Waals surface area (Å²) in [7, 11) is 0. The predicted octanol–water partition coefficient (Wildman–Crippen LogP) is 3.88. The third kappa shape index (κ3) is 3.41. The second-order valence-electron chi connectivity index (χ2n) is 4.47. The summed E-state index contributed by atoms with van der Waals surface area (Å²) < 4.78 is 0. The zero-order valence-corrected chi connectivity index (χ0v) is 13.3. The van der Waals surface area contributed by atoms with Crippen molar-refractivity contribution in [3.05, 3.63) is 69.0 Å². The van der Waals surface area contributed by atoms with E-state index in [0.717, 1.165) is 21.1 Å². The Kier molecular flexibility index (Phi) is 4.32. The van der Waals surface area contributed by atoms with Gasteiger partial charge in [-0.1, -0.05) is 18.2 Å². The first-order valence-electron chi connectivity index (χ1n) is 6.58. The van der Waals surface area contributed by atoms with E-state index < -0.39 is 0 Å². The number of benzene rings is 1. The molecule has 0 saturated heterocycles. The van der Waals surface area contributed by atoms with Crippen molar-refractivity contribution in [1.82, 2.24) is 0 Å². The lowest BCUT2D eigenvalue weighted by molar-refractivity contribution is 1.43. The Morgan fingerprint density at radius 3 is 1.64 bits per heavy atom. The summed E-state index contributed by atoms with van der Waals surface area (Å²) in [5.74, 6) is 1.00. The predicted molar refractivity (Wildman–Crippen MR) is 95.8 cm³/mol. The smallest absolute Gasteiger partial charge is 0.141 e. The Labute approximate surface area is 136 Å². The number of hydrogen-bond donors (Lipinski definition) is 2. The average molecular weight is 326 g/mol. The van der Waals surface area contributed by atoms with E-state index in [9.17, 15) is 0 Å². The number of amidine groups is 2. The van der Waals surface area contributed by atoms with Crippen molar-refractivity contribution >= 4 is 45.7 Å². The monoisotopic (exact) mass is 326 g/mol. The number of hydrogen-bond acceptors (Lipinski definition) is 4. The van der Waals surface area contributed by atoms with Gasteiger partial charge in [-0.15, -0.1) is 22.7 Å². The van der Waals surface area contributed by atoms with Gasteiger partial charge in [0.15, 0.2) is 0 Å². The Bertz CT molecular complexity index is 737. The zero-order chi connectivity index (χ0) is 15.4. The molecule has 0 amide bonds. The van der Waals surface area contributed by atoms with Gasteiger partial charge in [-0.2, -0.15) is 0 Å². The fourth-order valence-electron chi connectivity index (χ4n) is 1.87. The Balaban J connectivity index is 1.87. The van der Waals surface area contributed by atoms with Gasteiger partial charge >= 0.3 is 0 Å². The molecule has 22 heavy (non-hydrogen) atoms. The van der Waals surface area contributed by atoms with Crippen LogP contribution in [0.2, 0.25) is 0 Å². The summed E-state index contributed by atoms with van der Waals surface area (Å²) in [6.45, 7) is 0. The van der Waals surface area contributed by atoms with Crippen LogP contribution < -0.4 is 11.5 Å². The lowest BCUT2D eigenvalue weighted by Crippen LogP contribution is -2.10. The average Bonchev–Trinajstić information content (AvgIpc) is 3.21. The van der Waals surface area contributed by atoms with Crippen molar-refractivity contribution < 1.29 is 0 Å². The van der Waals surface area contributed by atoms with Gasteiger partial charge in [-0.3, -0.25) is 0 Å². The van der Waals surface area contributed by atoms with E-state index in [-0.39, 0.29) is 0 Å². The first-order chi connectivity index (χ1) is 10.7. The molecule has 4 nitrogen and oxygen atoms in total. The SMILES string of the molecule is NC(=Nc1cccc(N=C(N)c2cccs2)c1)c1cccs1. The maximum absolute atomic E-state index is 6.00. The highest BCUT2D eigenvalue weighted by atomic mass is 32.1. The Morgan fingerprint density at radius 1 is 0.727 bits per heavy atom. The van der Waals surface area contributed by atoms with Gasteiger partial charge in [-0.05, 0) is 41.1 Å². The lowest BCUT2D eigenvalue weighted by Gasteiger charge is -2.01. The molecule has 0 aliphatic rings. The van der Waals surface area contributed by atoms with Crippen LogP contribution in [0, 0.1) is 0 Å². The second-order valence-corrected chi connectivity index (χ2v) is 6.36. The molecule has 0 unspecified atom stereocenters.